The number of rotatable bonds is 11. The second-order valence-corrected chi connectivity index (χ2v) is 10.4. The molecule has 2 aromatic carbocycles. The average molecular weight is 619 g/mol. The van der Waals surface area contributed by atoms with E-state index in [4.69, 9.17) is 14.2 Å². The maximum atomic E-state index is 13.7. The zero-order valence-electron chi connectivity index (χ0n) is 24.0. The van der Waals surface area contributed by atoms with Gasteiger partial charge in [0.1, 0.15) is 11.3 Å². The predicted octanol–water partition coefficient (Wildman–Crippen LogP) is 6.13. The molecule has 2 aromatic rings. The number of halogens is 6. The number of benzene rings is 2. The Balaban J connectivity index is 1.42. The van der Waals surface area contributed by atoms with Gasteiger partial charge >= 0.3 is 18.4 Å². The summed E-state index contributed by atoms with van der Waals surface area (Å²) in [5.41, 5.74) is -6.16. The molecule has 0 aliphatic carbocycles. The summed E-state index contributed by atoms with van der Waals surface area (Å²) in [5, 5.41) is 2.71. The molecular formula is C29H32F6N2O6. The van der Waals surface area contributed by atoms with Gasteiger partial charge in [-0.15, -0.1) is 0 Å². The molecule has 1 saturated heterocycles. The van der Waals surface area contributed by atoms with E-state index in [9.17, 15) is 35.9 Å². The summed E-state index contributed by atoms with van der Waals surface area (Å²) in [6.45, 7) is 2.59. The van der Waals surface area contributed by atoms with Gasteiger partial charge in [-0.05, 0) is 55.5 Å². The van der Waals surface area contributed by atoms with Crippen molar-refractivity contribution in [1.29, 1.82) is 0 Å². The highest BCUT2D eigenvalue weighted by molar-refractivity contribution is 6.07. The van der Waals surface area contributed by atoms with Crippen molar-refractivity contribution in [3.63, 3.8) is 0 Å². The normalized spacial score (nSPS) is 19.8. The molecule has 0 saturated carbocycles. The van der Waals surface area contributed by atoms with Gasteiger partial charge in [0.25, 0.3) is 11.5 Å². The first kappa shape index (κ1) is 32.2. The number of urea groups is 1. The zero-order valence-corrected chi connectivity index (χ0v) is 24.0. The standard InChI is InChI=1S/C29H32F6N2O6/c1-5-8-18-19-16-43-27(28(30,31)32,29(33,34)35)20(19)10-12-21(18)42-14-7-6-13-37-24(38)26(2,36-25(37)39)17-9-11-22(40-3)23(15-17)41-4/h9-12,15H,5-8,13-14,16H2,1-4H3,(H,36,39). The number of imide groups is 1. The highest BCUT2D eigenvalue weighted by Gasteiger charge is 2.75. The second kappa shape index (κ2) is 11.8. The van der Waals surface area contributed by atoms with Gasteiger partial charge in [0.15, 0.2) is 11.5 Å². The Kier molecular flexibility index (Phi) is 8.83. The van der Waals surface area contributed by atoms with E-state index in [1.807, 2.05) is 0 Å². The number of amides is 3. The van der Waals surface area contributed by atoms with Crippen LogP contribution in [0, 0.1) is 0 Å². The average Bonchev–Trinajstić information content (AvgIpc) is 3.45. The van der Waals surface area contributed by atoms with Crippen LogP contribution in [-0.4, -0.2) is 56.6 Å². The van der Waals surface area contributed by atoms with Crippen LogP contribution in [0.4, 0.5) is 31.1 Å². The van der Waals surface area contributed by atoms with E-state index in [2.05, 4.69) is 10.1 Å². The largest absolute Gasteiger partial charge is 0.493 e. The molecule has 14 heteroatoms. The first-order valence-corrected chi connectivity index (χ1v) is 13.6. The molecule has 1 unspecified atom stereocenters. The smallest absolute Gasteiger partial charge is 0.430 e. The maximum Gasteiger partial charge on any atom is 0.430 e. The molecule has 0 aromatic heterocycles. The number of carbonyl (C=O) groups is 2. The topological polar surface area (TPSA) is 86.3 Å². The molecule has 2 heterocycles. The molecule has 0 spiro atoms. The zero-order chi connectivity index (χ0) is 31.8. The minimum atomic E-state index is -5.71. The molecule has 1 fully saturated rings. The van der Waals surface area contributed by atoms with Crippen molar-refractivity contribution in [3.8, 4) is 17.2 Å². The minimum absolute atomic E-state index is 0.0522. The highest BCUT2D eigenvalue weighted by Crippen LogP contribution is 2.58. The number of hydrogen-bond acceptors (Lipinski definition) is 6. The number of methoxy groups -OCH3 is 2. The van der Waals surface area contributed by atoms with Crippen LogP contribution in [0.2, 0.25) is 0 Å². The lowest BCUT2D eigenvalue weighted by Crippen LogP contribution is -2.53. The molecule has 1 atom stereocenters. The van der Waals surface area contributed by atoms with Crippen LogP contribution in [0.5, 0.6) is 17.2 Å². The van der Waals surface area contributed by atoms with Gasteiger partial charge in [-0.3, -0.25) is 9.69 Å². The predicted molar refractivity (Wildman–Crippen MR) is 141 cm³/mol. The van der Waals surface area contributed by atoms with Crippen molar-refractivity contribution < 1.29 is 54.9 Å². The Labute approximate surface area is 244 Å². The monoisotopic (exact) mass is 618 g/mol. The number of carbonyl (C=O) groups excluding carboxylic acids is 2. The van der Waals surface area contributed by atoms with Crippen LogP contribution < -0.4 is 19.5 Å². The van der Waals surface area contributed by atoms with Crippen molar-refractivity contribution in [3.05, 3.63) is 52.6 Å². The lowest BCUT2D eigenvalue weighted by atomic mass is 9.87. The molecule has 43 heavy (non-hydrogen) atoms. The fraction of sp³-hybridized carbons (Fsp3) is 0.517. The van der Waals surface area contributed by atoms with Gasteiger partial charge in [0, 0.05) is 17.7 Å². The number of fused-ring (bicyclic) bond motifs is 1. The Morgan fingerprint density at radius 3 is 2.21 bits per heavy atom. The van der Waals surface area contributed by atoms with E-state index in [0.717, 1.165) is 17.0 Å². The van der Waals surface area contributed by atoms with Gasteiger partial charge in [-0.2, -0.15) is 26.3 Å². The lowest BCUT2D eigenvalue weighted by molar-refractivity contribution is -0.385. The van der Waals surface area contributed by atoms with Gasteiger partial charge in [-0.1, -0.05) is 25.5 Å². The van der Waals surface area contributed by atoms with Crippen molar-refractivity contribution in [2.75, 3.05) is 27.4 Å². The number of ether oxygens (including phenoxy) is 4. The minimum Gasteiger partial charge on any atom is -0.493 e. The van der Waals surface area contributed by atoms with Gasteiger partial charge in [0.05, 0.1) is 27.4 Å². The van der Waals surface area contributed by atoms with Crippen LogP contribution in [0.1, 0.15) is 55.4 Å². The van der Waals surface area contributed by atoms with Crippen LogP contribution in [0.25, 0.3) is 0 Å². The Hall–Kier alpha value is -3.68. The van der Waals surface area contributed by atoms with Gasteiger partial charge < -0.3 is 24.3 Å². The summed E-state index contributed by atoms with van der Waals surface area (Å²) in [6, 6.07) is 6.18. The summed E-state index contributed by atoms with van der Waals surface area (Å²) in [6.07, 6.45) is -10.1. The molecule has 2 aliphatic heterocycles. The number of hydrogen-bond donors (Lipinski definition) is 1. The molecular weight excluding hydrogens is 586 g/mol. The van der Waals surface area contributed by atoms with E-state index >= 15 is 0 Å². The summed E-state index contributed by atoms with van der Waals surface area (Å²) >= 11 is 0. The Bertz CT molecular complexity index is 1360. The van der Waals surface area contributed by atoms with E-state index in [0.29, 0.717) is 36.3 Å². The van der Waals surface area contributed by atoms with Crippen LogP contribution in [0.3, 0.4) is 0 Å². The van der Waals surface area contributed by atoms with Crippen molar-refractivity contribution >= 4 is 11.9 Å². The first-order chi connectivity index (χ1) is 20.2. The summed E-state index contributed by atoms with van der Waals surface area (Å²) in [7, 11) is 2.93. The van der Waals surface area contributed by atoms with Gasteiger partial charge in [-0.25, -0.2) is 4.79 Å². The molecule has 0 radical (unpaired) electrons. The fourth-order valence-corrected chi connectivity index (χ4v) is 5.51. The van der Waals surface area contributed by atoms with Crippen LogP contribution in [0.15, 0.2) is 30.3 Å². The molecule has 4 rings (SSSR count). The van der Waals surface area contributed by atoms with E-state index in [-0.39, 0.29) is 36.4 Å². The number of alkyl halides is 6. The maximum absolute atomic E-state index is 13.7. The lowest BCUT2D eigenvalue weighted by Gasteiger charge is -2.33. The third-order valence-electron chi connectivity index (χ3n) is 7.77. The molecule has 0 bridgehead atoms. The quantitative estimate of drug-likeness (QED) is 0.185. The highest BCUT2D eigenvalue weighted by atomic mass is 19.4. The van der Waals surface area contributed by atoms with E-state index in [1.165, 1.54) is 14.2 Å². The summed E-state index contributed by atoms with van der Waals surface area (Å²) < 4.78 is 103. The van der Waals surface area contributed by atoms with E-state index in [1.54, 1.807) is 32.0 Å². The molecule has 2 aliphatic rings. The Morgan fingerprint density at radius 1 is 0.953 bits per heavy atom. The van der Waals surface area contributed by atoms with Crippen LogP contribution in [-0.2, 0) is 33.7 Å². The van der Waals surface area contributed by atoms with Crippen molar-refractivity contribution in [2.24, 2.45) is 0 Å². The number of nitrogens with zero attached hydrogens (tertiary/aromatic N) is 1. The summed E-state index contributed by atoms with van der Waals surface area (Å²) in [4.78, 5) is 27.0. The van der Waals surface area contributed by atoms with Crippen molar-refractivity contribution in [2.45, 2.75) is 69.6 Å². The fourth-order valence-electron chi connectivity index (χ4n) is 5.51. The first-order valence-electron chi connectivity index (χ1n) is 13.6. The third kappa shape index (κ3) is 5.45. The van der Waals surface area contributed by atoms with Crippen molar-refractivity contribution in [1.82, 2.24) is 10.2 Å². The third-order valence-corrected chi connectivity index (χ3v) is 7.77. The second-order valence-electron chi connectivity index (χ2n) is 10.4. The van der Waals surface area contributed by atoms with E-state index < -0.39 is 47.6 Å². The molecule has 3 amide bonds. The van der Waals surface area contributed by atoms with Gasteiger partial charge in [0.2, 0.25) is 0 Å². The summed E-state index contributed by atoms with van der Waals surface area (Å²) in [5.74, 6) is 0.552. The number of unbranched alkanes of at least 4 members (excludes halogenated alkanes) is 1. The SMILES string of the molecule is CCCc1c(OCCCCN2C(=O)NC(C)(c3ccc(OC)c(OC)c3)C2=O)ccc2c1COC2(C(F)(F)F)C(F)(F)F. The number of nitrogens with one attached hydrogen (secondary N) is 1. The molecule has 1 N–H and O–H groups in total. The van der Waals surface area contributed by atoms with Crippen LogP contribution >= 0.6 is 0 Å². The Morgan fingerprint density at radius 2 is 1.60 bits per heavy atom. The molecule has 236 valence electrons. The molecule has 8 nitrogen and oxygen atoms in total.